The van der Waals surface area contributed by atoms with Crippen LogP contribution >= 0.6 is 0 Å². The average molecular weight is 388 g/mol. The molecule has 0 aliphatic carbocycles. The molecule has 0 radical (unpaired) electrons. The van der Waals surface area contributed by atoms with Crippen molar-refractivity contribution in [1.29, 1.82) is 0 Å². The molecule has 1 N–H and O–H groups in total. The number of hydrogen-bond donors (Lipinski definition) is 1. The second kappa shape index (κ2) is 6.65. The number of nitrogens with one attached hydrogen (secondary N) is 1. The first kappa shape index (κ1) is 17.8. The number of aromatic nitrogens is 3. The summed E-state index contributed by atoms with van der Waals surface area (Å²) in [6.45, 7) is 5.19. The van der Waals surface area contributed by atoms with E-state index in [1.807, 2.05) is 0 Å². The summed E-state index contributed by atoms with van der Waals surface area (Å²) >= 11 is 0. The molecule has 2 aromatic carbocycles. The lowest BCUT2D eigenvalue weighted by atomic mass is 9.92. The fraction of sp³-hybridized carbons (Fsp3) is 0.304. The van der Waals surface area contributed by atoms with Crippen LogP contribution in [-0.2, 0) is 6.42 Å². The Kier molecular flexibility index (Phi) is 4.08. The number of benzene rings is 2. The number of anilines is 1. The van der Waals surface area contributed by atoms with Gasteiger partial charge < -0.3 is 19.4 Å². The Balaban J connectivity index is 1.64. The molecule has 5 rings (SSSR count). The van der Waals surface area contributed by atoms with Crippen molar-refractivity contribution in [3.05, 3.63) is 53.3 Å². The van der Waals surface area contributed by atoms with E-state index in [4.69, 9.17) is 9.47 Å². The van der Waals surface area contributed by atoms with Crippen molar-refractivity contribution < 1.29 is 9.47 Å². The summed E-state index contributed by atoms with van der Waals surface area (Å²) in [4.78, 5) is 15.1. The maximum absolute atomic E-state index is 5.54. The first-order chi connectivity index (χ1) is 14.1. The highest BCUT2D eigenvalue weighted by Gasteiger charge is 2.28. The smallest absolute Gasteiger partial charge is 0.161 e. The topological polar surface area (TPSA) is 63.3 Å². The Morgan fingerprint density at radius 3 is 2.66 bits per heavy atom. The largest absolute Gasteiger partial charge is 0.493 e. The normalized spacial score (nSPS) is 16.3. The molecule has 148 valence electrons. The number of aryl methyl sites for hydroxylation is 1. The Bertz CT molecular complexity index is 1230. The molecule has 6 nitrogen and oxygen atoms in total. The highest BCUT2D eigenvalue weighted by Crippen LogP contribution is 2.41. The van der Waals surface area contributed by atoms with E-state index in [-0.39, 0.29) is 6.04 Å². The Labute approximate surface area is 169 Å². The minimum absolute atomic E-state index is 0.157. The van der Waals surface area contributed by atoms with Crippen LogP contribution < -0.4 is 14.4 Å². The lowest BCUT2D eigenvalue weighted by molar-refractivity contribution is 0.353. The van der Waals surface area contributed by atoms with Crippen molar-refractivity contribution in [2.45, 2.75) is 26.3 Å². The molecule has 3 heterocycles. The fourth-order valence-electron chi connectivity index (χ4n) is 4.45. The van der Waals surface area contributed by atoms with Gasteiger partial charge >= 0.3 is 0 Å². The summed E-state index contributed by atoms with van der Waals surface area (Å²) in [5, 5.41) is 1.14. The van der Waals surface area contributed by atoms with E-state index in [1.165, 1.54) is 16.7 Å². The number of ether oxygens (including phenoxy) is 2. The lowest BCUT2D eigenvalue weighted by Gasteiger charge is -2.36. The molecule has 1 aliphatic heterocycles. The number of methoxy groups -OCH3 is 2. The summed E-state index contributed by atoms with van der Waals surface area (Å²) in [6.07, 6.45) is 2.59. The summed E-state index contributed by atoms with van der Waals surface area (Å²) in [7, 11) is 3.36. The Morgan fingerprint density at radius 2 is 1.86 bits per heavy atom. The predicted octanol–water partition coefficient (Wildman–Crippen LogP) is 4.56. The maximum atomic E-state index is 5.54. The molecule has 4 aromatic rings. The van der Waals surface area contributed by atoms with Crippen LogP contribution in [0.25, 0.3) is 21.9 Å². The van der Waals surface area contributed by atoms with Crippen molar-refractivity contribution in [2.24, 2.45) is 0 Å². The predicted molar refractivity (Wildman–Crippen MR) is 115 cm³/mol. The minimum Gasteiger partial charge on any atom is -0.493 e. The van der Waals surface area contributed by atoms with Crippen LogP contribution in [-0.4, -0.2) is 35.7 Å². The molecule has 6 heteroatoms. The van der Waals surface area contributed by atoms with Crippen LogP contribution in [0.5, 0.6) is 11.5 Å². The molecule has 1 atom stereocenters. The second-order valence-corrected chi connectivity index (χ2v) is 7.62. The van der Waals surface area contributed by atoms with E-state index >= 15 is 0 Å². The zero-order valence-corrected chi connectivity index (χ0v) is 17.1. The zero-order chi connectivity index (χ0) is 20.1. The van der Waals surface area contributed by atoms with Gasteiger partial charge in [0.15, 0.2) is 17.3 Å². The number of rotatable bonds is 3. The van der Waals surface area contributed by atoms with Crippen LogP contribution in [0, 0.1) is 6.92 Å². The van der Waals surface area contributed by atoms with E-state index in [1.54, 1.807) is 20.5 Å². The number of nitrogens with zero attached hydrogens (tertiary/aromatic N) is 3. The molecule has 0 spiro atoms. The van der Waals surface area contributed by atoms with Gasteiger partial charge in [-0.3, -0.25) is 0 Å². The van der Waals surface area contributed by atoms with E-state index < -0.39 is 0 Å². The van der Waals surface area contributed by atoms with Crippen LogP contribution in [0.4, 0.5) is 5.82 Å². The van der Waals surface area contributed by atoms with Gasteiger partial charge in [-0.1, -0.05) is 11.6 Å². The molecule has 2 aromatic heterocycles. The van der Waals surface area contributed by atoms with Crippen molar-refractivity contribution in [2.75, 3.05) is 25.7 Å². The molecular weight excluding hydrogens is 364 g/mol. The van der Waals surface area contributed by atoms with Crippen molar-refractivity contribution >= 4 is 27.8 Å². The molecule has 1 unspecified atom stereocenters. The van der Waals surface area contributed by atoms with Gasteiger partial charge in [0.1, 0.15) is 17.4 Å². The van der Waals surface area contributed by atoms with Crippen molar-refractivity contribution in [3.63, 3.8) is 0 Å². The van der Waals surface area contributed by atoms with Gasteiger partial charge in [-0.05, 0) is 55.7 Å². The molecule has 29 heavy (non-hydrogen) atoms. The van der Waals surface area contributed by atoms with Gasteiger partial charge in [-0.2, -0.15) is 0 Å². The first-order valence-electron chi connectivity index (χ1n) is 9.85. The Morgan fingerprint density at radius 1 is 1.07 bits per heavy atom. The van der Waals surface area contributed by atoms with Gasteiger partial charge in [0.2, 0.25) is 0 Å². The van der Waals surface area contributed by atoms with Crippen LogP contribution in [0.3, 0.4) is 0 Å². The third-order valence-electron chi connectivity index (χ3n) is 5.97. The van der Waals surface area contributed by atoms with Crippen LogP contribution in [0.15, 0.2) is 36.7 Å². The molecule has 0 fully saturated rings. The second-order valence-electron chi connectivity index (χ2n) is 7.62. The lowest BCUT2D eigenvalue weighted by Crippen LogP contribution is -2.34. The summed E-state index contributed by atoms with van der Waals surface area (Å²) in [6, 6.07) is 10.8. The van der Waals surface area contributed by atoms with E-state index in [9.17, 15) is 0 Å². The zero-order valence-electron chi connectivity index (χ0n) is 17.1. The summed E-state index contributed by atoms with van der Waals surface area (Å²) < 4.78 is 11.0. The highest BCUT2D eigenvalue weighted by atomic mass is 16.5. The third kappa shape index (κ3) is 2.70. The van der Waals surface area contributed by atoms with Gasteiger partial charge in [0.05, 0.1) is 20.3 Å². The quantitative estimate of drug-likeness (QED) is 0.557. The van der Waals surface area contributed by atoms with Crippen molar-refractivity contribution in [3.8, 4) is 11.5 Å². The number of H-pyrrole nitrogens is 1. The first-order valence-corrected chi connectivity index (χ1v) is 9.85. The fourth-order valence-corrected chi connectivity index (χ4v) is 4.45. The molecule has 0 saturated heterocycles. The number of aromatic amines is 1. The van der Waals surface area contributed by atoms with E-state index in [0.717, 1.165) is 52.2 Å². The van der Waals surface area contributed by atoms with Crippen LogP contribution in [0.1, 0.15) is 29.7 Å². The highest BCUT2D eigenvalue weighted by molar-refractivity contribution is 6.08. The maximum Gasteiger partial charge on any atom is 0.161 e. The summed E-state index contributed by atoms with van der Waals surface area (Å²) in [5.41, 5.74) is 6.81. The molecule has 0 bridgehead atoms. The molecule has 1 aliphatic rings. The molecular formula is C23H24N4O2. The number of hydrogen-bond acceptors (Lipinski definition) is 5. The standard InChI is InChI=1S/C23H24N4O2/c1-13-5-6-18-17(9-13)21-22(26-18)23(25-12-24-21)27-8-7-15-10-19(28-3)20(29-4)11-16(15)14(27)2/h5-6,9-12,14,26H,7-8H2,1-4H3. The molecule has 0 saturated carbocycles. The SMILES string of the molecule is COc1cc2c(cc1OC)C(C)N(c1ncnc3c1[nH]c1ccc(C)cc13)CC2. The van der Waals surface area contributed by atoms with Gasteiger partial charge in [0, 0.05) is 17.4 Å². The molecule has 0 amide bonds. The van der Waals surface area contributed by atoms with Gasteiger partial charge in [0.25, 0.3) is 0 Å². The van der Waals surface area contributed by atoms with Gasteiger partial charge in [-0.25, -0.2) is 9.97 Å². The monoisotopic (exact) mass is 388 g/mol. The van der Waals surface area contributed by atoms with Gasteiger partial charge in [-0.15, -0.1) is 0 Å². The Hall–Kier alpha value is -3.28. The third-order valence-corrected chi connectivity index (χ3v) is 5.97. The van der Waals surface area contributed by atoms with E-state index in [2.05, 4.69) is 64.0 Å². The summed E-state index contributed by atoms with van der Waals surface area (Å²) in [5.74, 6) is 2.48. The minimum atomic E-state index is 0.157. The van der Waals surface area contributed by atoms with E-state index in [0.29, 0.717) is 0 Å². The number of fused-ring (bicyclic) bond motifs is 4. The van der Waals surface area contributed by atoms with Crippen LogP contribution in [0.2, 0.25) is 0 Å². The van der Waals surface area contributed by atoms with Crippen molar-refractivity contribution in [1.82, 2.24) is 15.0 Å². The average Bonchev–Trinajstić information content (AvgIpc) is 3.11.